The van der Waals surface area contributed by atoms with Gasteiger partial charge in [-0.25, -0.2) is 4.79 Å². The molecular formula is C32H31NO5. The van der Waals surface area contributed by atoms with Gasteiger partial charge in [0.1, 0.15) is 29.4 Å². The lowest BCUT2D eigenvalue weighted by Crippen LogP contribution is -2.10. The van der Waals surface area contributed by atoms with E-state index in [1.807, 2.05) is 63.2 Å². The van der Waals surface area contributed by atoms with Crippen molar-refractivity contribution in [3.05, 3.63) is 101 Å². The molecule has 0 saturated heterocycles. The average Bonchev–Trinajstić information content (AvgIpc) is 3.25. The average molecular weight is 510 g/mol. The third-order valence-corrected chi connectivity index (χ3v) is 5.81. The highest BCUT2D eigenvalue weighted by Crippen LogP contribution is 2.29. The molecule has 1 heterocycles. The summed E-state index contributed by atoms with van der Waals surface area (Å²) in [4.78, 5) is 12.8. The van der Waals surface area contributed by atoms with Crippen LogP contribution in [0.2, 0.25) is 0 Å². The van der Waals surface area contributed by atoms with Crippen LogP contribution in [-0.2, 0) is 4.79 Å². The summed E-state index contributed by atoms with van der Waals surface area (Å²) in [5.41, 5.74) is 5.78. The van der Waals surface area contributed by atoms with Gasteiger partial charge in [0.25, 0.3) is 0 Å². The van der Waals surface area contributed by atoms with Crippen molar-refractivity contribution >= 4 is 22.5 Å². The van der Waals surface area contributed by atoms with Gasteiger partial charge in [-0.3, -0.25) is 4.90 Å². The Bertz CT molecular complexity index is 1520. The first-order chi connectivity index (χ1) is 18.3. The van der Waals surface area contributed by atoms with E-state index in [0.29, 0.717) is 24.7 Å². The fraction of sp³-hybridized carbons (Fsp3) is 0.219. The Morgan fingerprint density at radius 3 is 2.45 bits per heavy atom. The van der Waals surface area contributed by atoms with Crippen LogP contribution in [0, 0.1) is 25.7 Å². The standard InChI is InChI=1S/C32H31NO5/c1-22-18-28(12-14-30(22)37-21-32(34)35)36-17-15-29(26-11-13-31-27(20-26)19-23(2)38-31)25-9-7-24(8-10-25)6-5-16-33(3)4/h7-15,18-20H,16-17,21H2,1-4H3,(H,34,35)/b29-15+. The van der Waals surface area contributed by atoms with Crippen LogP contribution in [0.15, 0.2) is 77.2 Å². The maximum atomic E-state index is 10.8. The number of carboxylic acids is 1. The van der Waals surface area contributed by atoms with E-state index in [4.69, 9.17) is 19.0 Å². The van der Waals surface area contributed by atoms with Gasteiger partial charge in [-0.2, -0.15) is 0 Å². The number of hydrogen-bond donors (Lipinski definition) is 1. The Labute approximate surface area is 223 Å². The lowest BCUT2D eigenvalue weighted by atomic mass is 9.96. The maximum absolute atomic E-state index is 10.8. The lowest BCUT2D eigenvalue weighted by Gasteiger charge is -2.12. The first-order valence-corrected chi connectivity index (χ1v) is 12.3. The van der Waals surface area contributed by atoms with Crippen molar-refractivity contribution < 1.29 is 23.8 Å². The van der Waals surface area contributed by atoms with Crippen molar-refractivity contribution in [2.75, 3.05) is 33.9 Å². The largest absolute Gasteiger partial charge is 0.489 e. The van der Waals surface area contributed by atoms with Gasteiger partial charge in [0.2, 0.25) is 0 Å². The molecule has 1 N–H and O–H groups in total. The molecule has 0 unspecified atom stereocenters. The fourth-order valence-corrected chi connectivity index (χ4v) is 4.01. The lowest BCUT2D eigenvalue weighted by molar-refractivity contribution is -0.139. The van der Waals surface area contributed by atoms with Crippen LogP contribution in [0.3, 0.4) is 0 Å². The van der Waals surface area contributed by atoms with Crippen molar-refractivity contribution in [2.24, 2.45) is 0 Å². The molecule has 0 aliphatic heterocycles. The zero-order valence-corrected chi connectivity index (χ0v) is 22.1. The molecule has 0 amide bonds. The zero-order chi connectivity index (χ0) is 27.1. The molecule has 0 fully saturated rings. The molecule has 0 aliphatic rings. The Hall–Kier alpha value is -4.47. The van der Waals surface area contributed by atoms with Gasteiger partial charge in [0.05, 0.1) is 6.54 Å². The van der Waals surface area contributed by atoms with E-state index in [0.717, 1.165) is 44.6 Å². The van der Waals surface area contributed by atoms with Crippen LogP contribution in [-0.4, -0.2) is 49.8 Å². The highest BCUT2D eigenvalue weighted by Gasteiger charge is 2.10. The van der Waals surface area contributed by atoms with Gasteiger partial charge in [0.15, 0.2) is 6.61 Å². The molecule has 0 atom stereocenters. The van der Waals surface area contributed by atoms with E-state index in [-0.39, 0.29) is 6.61 Å². The zero-order valence-electron chi connectivity index (χ0n) is 22.1. The number of carbonyl (C=O) groups is 1. The van der Waals surface area contributed by atoms with Crippen LogP contribution in [0.4, 0.5) is 0 Å². The second-order valence-corrected chi connectivity index (χ2v) is 9.27. The molecule has 0 bridgehead atoms. The van der Waals surface area contributed by atoms with Crippen LogP contribution in [0.5, 0.6) is 11.5 Å². The minimum Gasteiger partial charge on any atom is -0.489 e. The van der Waals surface area contributed by atoms with Gasteiger partial charge < -0.3 is 19.0 Å². The molecule has 6 nitrogen and oxygen atoms in total. The van der Waals surface area contributed by atoms with E-state index < -0.39 is 5.97 Å². The van der Waals surface area contributed by atoms with Crippen LogP contribution in [0.1, 0.15) is 28.0 Å². The summed E-state index contributed by atoms with van der Waals surface area (Å²) in [6, 6.07) is 21.8. The SMILES string of the molecule is Cc1cc2cc(/C(=C/COc3ccc(OCC(=O)O)c(C)c3)c3ccc(C#CCN(C)C)cc3)ccc2o1. The number of aryl methyl sites for hydroxylation is 2. The second kappa shape index (κ2) is 12.2. The summed E-state index contributed by atoms with van der Waals surface area (Å²) >= 11 is 0. The fourth-order valence-electron chi connectivity index (χ4n) is 4.01. The highest BCUT2D eigenvalue weighted by atomic mass is 16.5. The Morgan fingerprint density at radius 1 is 0.974 bits per heavy atom. The minimum absolute atomic E-state index is 0.344. The van der Waals surface area contributed by atoms with Gasteiger partial charge in [0, 0.05) is 10.9 Å². The molecule has 6 heteroatoms. The molecular weight excluding hydrogens is 478 g/mol. The molecule has 1 aromatic heterocycles. The number of carboxylic acid groups (broad SMARTS) is 1. The summed E-state index contributed by atoms with van der Waals surface area (Å²) in [5, 5.41) is 9.89. The first-order valence-electron chi connectivity index (χ1n) is 12.3. The number of nitrogens with zero attached hydrogens (tertiary/aromatic N) is 1. The van der Waals surface area contributed by atoms with Crippen LogP contribution in [0.25, 0.3) is 16.5 Å². The van der Waals surface area contributed by atoms with Gasteiger partial charge >= 0.3 is 5.97 Å². The monoisotopic (exact) mass is 509 g/mol. The van der Waals surface area contributed by atoms with E-state index >= 15 is 0 Å². The van der Waals surface area contributed by atoms with E-state index in [1.54, 1.807) is 12.1 Å². The highest BCUT2D eigenvalue weighted by molar-refractivity contribution is 5.87. The summed E-state index contributed by atoms with van der Waals surface area (Å²) in [6.07, 6.45) is 2.06. The molecule has 4 aromatic rings. The second-order valence-electron chi connectivity index (χ2n) is 9.27. The summed E-state index contributed by atoms with van der Waals surface area (Å²) in [7, 11) is 4.00. The van der Waals surface area contributed by atoms with Gasteiger partial charge in [-0.05, 0) is 105 Å². The van der Waals surface area contributed by atoms with Crippen molar-refractivity contribution in [3.63, 3.8) is 0 Å². The number of hydrogen-bond acceptors (Lipinski definition) is 5. The predicted octanol–water partition coefficient (Wildman–Crippen LogP) is 5.94. The molecule has 4 rings (SSSR count). The number of aliphatic carboxylic acids is 1. The maximum Gasteiger partial charge on any atom is 0.341 e. The topological polar surface area (TPSA) is 72.1 Å². The normalized spacial score (nSPS) is 11.3. The Morgan fingerprint density at radius 2 is 1.74 bits per heavy atom. The van der Waals surface area contributed by atoms with E-state index in [1.165, 1.54) is 0 Å². The van der Waals surface area contributed by atoms with E-state index in [2.05, 4.69) is 42.2 Å². The minimum atomic E-state index is -1.01. The Kier molecular flexibility index (Phi) is 8.52. The van der Waals surface area contributed by atoms with Gasteiger partial charge in [-0.15, -0.1) is 0 Å². The summed E-state index contributed by atoms with van der Waals surface area (Å²) in [6.45, 7) is 4.47. The summed E-state index contributed by atoms with van der Waals surface area (Å²) in [5.74, 6) is 7.43. The van der Waals surface area contributed by atoms with Gasteiger partial charge in [-0.1, -0.05) is 30.0 Å². The molecule has 3 aromatic carbocycles. The Balaban J connectivity index is 1.58. The third kappa shape index (κ3) is 7.06. The molecule has 38 heavy (non-hydrogen) atoms. The van der Waals surface area contributed by atoms with Crippen LogP contribution < -0.4 is 9.47 Å². The van der Waals surface area contributed by atoms with Crippen molar-refractivity contribution in [2.45, 2.75) is 13.8 Å². The smallest absolute Gasteiger partial charge is 0.341 e. The quantitative estimate of drug-likeness (QED) is 0.282. The predicted molar refractivity (Wildman–Crippen MR) is 150 cm³/mol. The number of fused-ring (bicyclic) bond motifs is 1. The number of ether oxygens (including phenoxy) is 2. The molecule has 0 saturated carbocycles. The molecule has 0 aliphatic carbocycles. The van der Waals surface area contributed by atoms with Crippen molar-refractivity contribution in [3.8, 4) is 23.3 Å². The first kappa shape index (κ1) is 26.6. The summed E-state index contributed by atoms with van der Waals surface area (Å²) < 4.78 is 17.1. The van der Waals surface area contributed by atoms with Crippen LogP contribution >= 0.6 is 0 Å². The molecule has 0 spiro atoms. The molecule has 194 valence electrons. The number of benzene rings is 3. The van der Waals surface area contributed by atoms with Crippen molar-refractivity contribution in [1.82, 2.24) is 4.90 Å². The van der Waals surface area contributed by atoms with Crippen molar-refractivity contribution in [1.29, 1.82) is 0 Å². The number of rotatable bonds is 9. The molecule has 0 radical (unpaired) electrons. The van der Waals surface area contributed by atoms with E-state index in [9.17, 15) is 4.79 Å². The number of furan rings is 1. The third-order valence-electron chi connectivity index (χ3n) is 5.81.